The maximum Gasteiger partial charge on any atom is 0.315 e. The van der Waals surface area contributed by atoms with Crippen LogP contribution in [0.5, 0.6) is 11.5 Å². The summed E-state index contributed by atoms with van der Waals surface area (Å²) >= 11 is 0. The third-order valence-corrected chi connectivity index (χ3v) is 3.60. The van der Waals surface area contributed by atoms with E-state index in [0.29, 0.717) is 13.2 Å². The highest BCUT2D eigenvalue weighted by Gasteiger charge is 2.10. The number of benzene rings is 2. The lowest BCUT2D eigenvalue weighted by atomic mass is 10.1. The third kappa shape index (κ3) is 5.19. The van der Waals surface area contributed by atoms with Crippen LogP contribution in [0.25, 0.3) is 0 Å². The fourth-order valence-electron chi connectivity index (χ4n) is 2.34. The third-order valence-electron chi connectivity index (χ3n) is 3.60. The predicted molar refractivity (Wildman–Crippen MR) is 94.4 cm³/mol. The highest BCUT2D eigenvalue weighted by atomic mass is 16.5. The van der Waals surface area contributed by atoms with Crippen molar-refractivity contribution in [3.63, 3.8) is 0 Å². The van der Waals surface area contributed by atoms with Crippen LogP contribution in [-0.4, -0.2) is 19.7 Å². The molecule has 0 radical (unpaired) electrons. The Kier molecular flexibility index (Phi) is 6.49. The number of carbonyl (C=O) groups excluding carboxylic acids is 1. The van der Waals surface area contributed by atoms with Gasteiger partial charge in [0.25, 0.3) is 0 Å². The van der Waals surface area contributed by atoms with Crippen molar-refractivity contribution in [3.05, 3.63) is 59.7 Å². The van der Waals surface area contributed by atoms with Crippen molar-refractivity contribution in [1.82, 2.24) is 10.6 Å². The van der Waals surface area contributed by atoms with Crippen LogP contribution in [0, 0.1) is 0 Å². The number of rotatable bonds is 7. The summed E-state index contributed by atoms with van der Waals surface area (Å²) in [5, 5.41) is 5.78. The van der Waals surface area contributed by atoms with Crippen molar-refractivity contribution < 1.29 is 14.3 Å². The Balaban J connectivity index is 1.88. The average Bonchev–Trinajstić information content (AvgIpc) is 2.60. The number of methoxy groups -OCH3 is 1. The number of amides is 2. The molecule has 1 unspecified atom stereocenters. The van der Waals surface area contributed by atoms with Gasteiger partial charge in [-0.25, -0.2) is 4.79 Å². The van der Waals surface area contributed by atoms with Crippen LogP contribution >= 0.6 is 0 Å². The molecule has 2 amide bonds. The zero-order valence-electron chi connectivity index (χ0n) is 14.3. The van der Waals surface area contributed by atoms with Crippen molar-refractivity contribution in [3.8, 4) is 11.5 Å². The van der Waals surface area contributed by atoms with E-state index in [1.165, 1.54) is 0 Å². The lowest BCUT2D eigenvalue weighted by Gasteiger charge is -2.16. The van der Waals surface area contributed by atoms with E-state index < -0.39 is 0 Å². The average molecular weight is 328 g/mol. The maximum atomic E-state index is 12.1. The molecule has 0 spiro atoms. The molecule has 2 N–H and O–H groups in total. The van der Waals surface area contributed by atoms with Gasteiger partial charge in [0, 0.05) is 6.54 Å². The Labute approximate surface area is 143 Å². The quantitative estimate of drug-likeness (QED) is 0.815. The van der Waals surface area contributed by atoms with Crippen molar-refractivity contribution in [2.24, 2.45) is 0 Å². The standard InChI is InChI=1S/C19H24N2O3/c1-4-24-18-10-6-8-16(12-18)14(2)21-19(22)20-13-15-7-5-9-17(11-15)23-3/h5-12,14H,4,13H2,1-3H3,(H2,20,21,22). The summed E-state index contributed by atoms with van der Waals surface area (Å²) < 4.78 is 10.7. The van der Waals surface area contributed by atoms with E-state index in [9.17, 15) is 4.79 Å². The molecule has 2 rings (SSSR count). The van der Waals surface area contributed by atoms with Crippen molar-refractivity contribution in [2.75, 3.05) is 13.7 Å². The van der Waals surface area contributed by atoms with Gasteiger partial charge < -0.3 is 20.1 Å². The summed E-state index contributed by atoms with van der Waals surface area (Å²) in [5.41, 5.74) is 1.98. The molecule has 0 fully saturated rings. The minimum absolute atomic E-state index is 0.115. The van der Waals surface area contributed by atoms with Gasteiger partial charge >= 0.3 is 6.03 Å². The Morgan fingerprint density at radius 3 is 2.62 bits per heavy atom. The Hall–Kier alpha value is -2.69. The summed E-state index contributed by atoms with van der Waals surface area (Å²) in [7, 11) is 1.62. The van der Waals surface area contributed by atoms with Gasteiger partial charge in [-0.05, 0) is 49.2 Å². The van der Waals surface area contributed by atoms with Crippen molar-refractivity contribution >= 4 is 6.03 Å². The van der Waals surface area contributed by atoms with E-state index in [1.54, 1.807) is 7.11 Å². The number of ether oxygens (including phenoxy) is 2. The van der Waals surface area contributed by atoms with Gasteiger partial charge in [0.05, 0.1) is 19.8 Å². The molecule has 0 aliphatic carbocycles. The van der Waals surface area contributed by atoms with Gasteiger partial charge in [0.2, 0.25) is 0 Å². The SMILES string of the molecule is CCOc1cccc(C(C)NC(=O)NCc2cccc(OC)c2)c1. The first-order valence-electron chi connectivity index (χ1n) is 8.02. The number of nitrogens with one attached hydrogen (secondary N) is 2. The van der Waals surface area contributed by atoms with Crippen LogP contribution in [0.15, 0.2) is 48.5 Å². The Bertz CT molecular complexity index is 673. The van der Waals surface area contributed by atoms with Gasteiger partial charge in [0.1, 0.15) is 11.5 Å². The van der Waals surface area contributed by atoms with Gasteiger partial charge in [-0.1, -0.05) is 24.3 Å². The maximum absolute atomic E-state index is 12.1. The first kappa shape index (κ1) is 17.7. The van der Waals surface area contributed by atoms with Crippen molar-refractivity contribution in [2.45, 2.75) is 26.4 Å². The number of hydrogen-bond acceptors (Lipinski definition) is 3. The summed E-state index contributed by atoms with van der Waals surface area (Å²) in [5.74, 6) is 1.58. The molecular formula is C19H24N2O3. The monoisotopic (exact) mass is 328 g/mol. The van der Waals surface area contributed by atoms with Gasteiger partial charge in [-0.2, -0.15) is 0 Å². The molecule has 0 bridgehead atoms. The number of carbonyl (C=O) groups is 1. The molecule has 5 nitrogen and oxygen atoms in total. The van der Waals surface area contributed by atoms with Crippen LogP contribution in [0.1, 0.15) is 31.0 Å². The van der Waals surface area contributed by atoms with Crippen LogP contribution in [0.4, 0.5) is 4.79 Å². The number of urea groups is 1. The lowest BCUT2D eigenvalue weighted by Crippen LogP contribution is -2.36. The first-order valence-corrected chi connectivity index (χ1v) is 8.02. The molecule has 0 aliphatic rings. The van der Waals surface area contributed by atoms with Gasteiger partial charge in [0.15, 0.2) is 0 Å². The molecule has 0 aromatic heterocycles. The Morgan fingerprint density at radius 1 is 1.12 bits per heavy atom. The fourth-order valence-corrected chi connectivity index (χ4v) is 2.34. The summed E-state index contributed by atoms with van der Waals surface area (Å²) in [4.78, 5) is 12.1. The smallest absolute Gasteiger partial charge is 0.315 e. The molecule has 2 aromatic rings. The van der Waals surface area contributed by atoms with E-state index in [-0.39, 0.29) is 12.1 Å². The summed E-state index contributed by atoms with van der Waals surface area (Å²) in [6.07, 6.45) is 0. The van der Waals surface area contributed by atoms with Crippen LogP contribution in [-0.2, 0) is 6.54 Å². The Morgan fingerprint density at radius 2 is 1.88 bits per heavy atom. The normalized spacial score (nSPS) is 11.5. The van der Waals surface area contributed by atoms with Crippen LogP contribution in [0.2, 0.25) is 0 Å². The van der Waals surface area contributed by atoms with Crippen molar-refractivity contribution in [1.29, 1.82) is 0 Å². The lowest BCUT2D eigenvalue weighted by molar-refractivity contribution is 0.237. The molecule has 128 valence electrons. The zero-order chi connectivity index (χ0) is 17.4. The predicted octanol–water partition coefficient (Wildman–Crippen LogP) is 3.65. The van der Waals surface area contributed by atoms with Crippen LogP contribution in [0.3, 0.4) is 0 Å². The molecule has 2 aromatic carbocycles. The minimum atomic E-state index is -0.216. The molecule has 0 heterocycles. The summed E-state index contributed by atoms with van der Waals surface area (Å²) in [6, 6.07) is 15.0. The highest BCUT2D eigenvalue weighted by molar-refractivity contribution is 5.74. The first-order chi connectivity index (χ1) is 11.6. The summed E-state index contributed by atoms with van der Waals surface area (Å²) in [6.45, 7) is 4.94. The zero-order valence-corrected chi connectivity index (χ0v) is 14.3. The largest absolute Gasteiger partial charge is 0.497 e. The molecule has 1 atom stereocenters. The van der Waals surface area contributed by atoms with Gasteiger partial charge in [-0.3, -0.25) is 0 Å². The fraction of sp³-hybridized carbons (Fsp3) is 0.316. The molecule has 0 aliphatic heterocycles. The second kappa shape index (κ2) is 8.82. The highest BCUT2D eigenvalue weighted by Crippen LogP contribution is 2.19. The minimum Gasteiger partial charge on any atom is -0.497 e. The molecule has 0 saturated heterocycles. The van der Waals surface area contributed by atoms with Gasteiger partial charge in [-0.15, -0.1) is 0 Å². The molecule has 0 saturated carbocycles. The van der Waals surface area contributed by atoms with E-state index in [4.69, 9.17) is 9.47 Å². The second-order valence-electron chi connectivity index (χ2n) is 5.41. The van der Waals surface area contributed by atoms with E-state index >= 15 is 0 Å². The second-order valence-corrected chi connectivity index (χ2v) is 5.41. The van der Waals surface area contributed by atoms with E-state index in [0.717, 1.165) is 22.6 Å². The molecular weight excluding hydrogens is 304 g/mol. The number of hydrogen-bond donors (Lipinski definition) is 2. The van der Waals surface area contributed by atoms with E-state index in [1.807, 2.05) is 62.4 Å². The molecule has 5 heteroatoms. The molecule has 24 heavy (non-hydrogen) atoms. The van der Waals surface area contributed by atoms with Crippen LogP contribution < -0.4 is 20.1 Å². The topological polar surface area (TPSA) is 59.6 Å². The van der Waals surface area contributed by atoms with E-state index in [2.05, 4.69) is 10.6 Å².